The Morgan fingerprint density at radius 1 is 0.870 bits per heavy atom. The fourth-order valence-corrected chi connectivity index (χ4v) is 2.55. The zero-order valence-corrected chi connectivity index (χ0v) is 12.6. The molecular weight excluding hydrogens is 288 g/mol. The van der Waals surface area contributed by atoms with Gasteiger partial charge in [0.05, 0.1) is 11.8 Å². The summed E-state index contributed by atoms with van der Waals surface area (Å²) in [5.74, 6) is 1.84. The fraction of sp³-hybridized carbons (Fsp3) is 0.0526. The largest absolute Gasteiger partial charge is 0.464 e. The van der Waals surface area contributed by atoms with Crippen molar-refractivity contribution in [1.82, 2.24) is 10.1 Å². The maximum Gasteiger partial charge on any atom is 0.258 e. The summed E-state index contributed by atoms with van der Waals surface area (Å²) in [7, 11) is 0. The van der Waals surface area contributed by atoms with Gasteiger partial charge in [-0.15, -0.1) is 0 Å². The van der Waals surface area contributed by atoms with E-state index in [9.17, 15) is 0 Å². The molecule has 4 nitrogen and oxygen atoms in total. The van der Waals surface area contributed by atoms with E-state index >= 15 is 0 Å². The number of hydrogen-bond donors (Lipinski definition) is 0. The van der Waals surface area contributed by atoms with Crippen molar-refractivity contribution >= 4 is 0 Å². The second-order valence-corrected chi connectivity index (χ2v) is 5.32. The van der Waals surface area contributed by atoms with Crippen molar-refractivity contribution in [1.29, 1.82) is 0 Å². The van der Waals surface area contributed by atoms with Crippen molar-refractivity contribution in [2.75, 3.05) is 0 Å². The van der Waals surface area contributed by atoms with Crippen molar-refractivity contribution in [3.05, 3.63) is 72.5 Å². The van der Waals surface area contributed by atoms with Crippen LogP contribution in [0.3, 0.4) is 0 Å². The molecular formula is C19H14N2O2. The molecule has 0 spiro atoms. The highest BCUT2D eigenvalue weighted by Gasteiger charge is 2.16. The predicted molar refractivity (Wildman–Crippen MR) is 87.6 cm³/mol. The lowest BCUT2D eigenvalue weighted by Gasteiger charge is -2.02. The topological polar surface area (TPSA) is 52.1 Å². The van der Waals surface area contributed by atoms with Crippen molar-refractivity contribution in [3.63, 3.8) is 0 Å². The van der Waals surface area contributed by atoms with E-state index in [1.807, 2.05) is 67.6 Å². The molecule has 4 rings (SSSR count). The highest BCUT2D eigenvalue weighted by molar-refractivity contribution is 5.77. The minimum Gasteiger partial charge on any atom is -0.464 e. The molecule has 2 aromatic carbocycles. The Labute approximate surface area is 133 Å². The standard InChI is InChI=1S/C19H14N2O2/c1-13-6-4-7-14(12-13)18-20-19(23-21-18)16-9-3-2-8-15(16)17-10-5-11-22-17/h2-12H,1H3. The Morgan fingerprint density at radius 2 is 1.74 bits per heavy atom. The van der Waals surface area contributed by atoms with Crippen LogP contribution in [0, 0.1) is 6.92 Å². The Hall–Kier alpha value is -3.14. The molecule has 0 saturated carbocycles. The number of aryl methyl sites for hydroxylation is 1. The Bertz CT molecular complexity index is 939. The smallest absolute Gasteiger partial charge is 0.258 e. The summed E-state index contributed by atoms with van der Waals surface area (Å²) in [6.45, 7) is 2.04. The predicted octanol–water partition coefficient (Wildman–Crippen LogP) is 4.97. The monoisotopic (exact) mass is 302 g/mol. The highest BCUT2D eigenvalue weighted by atomic mass is 16.5. The van der Waals surface area contributed by atoms with Gasteiger partial charge in [0.25, 0.3) is 5.89 Å². The molecule has 0 atom stereocenters. The Morgan fingerprint density at radius 3 is 2.52 bits per heavy atom. The number of benzene rings is 2. The maximum atomic E-state index is 5.50. The molecule has 0 fully saturated rings. The molecule has 2 aromatic heterocycles. The van der Waals surface area contributed by atoms with Crippen LogP contribution in [-0.4, -0.2) is 10.1 Å². The molecule has 0 saturated heterocycles. The van der Waals surface area contributed by atoms with Crippen LogP contribution in [0.5, 0.6) is 0 Å². The van der Waals surface area contributed by atoms with E-state index < -0.39 is 0 Å². The molecule has 0 aliphatic carbocycles. The summed E-state index contributed by atoms with van der Waals surface area (Å²) in [6, 6.07) is 19.6. The second kappa shape index (κ2) is 5.57. The maximum absolute atomic E-state index is 5.50. The van der Waals surface area contributed by atoms with E-state index in [2.05, 4.69) is 10.1 Å². The lowest BCUT2D eigenvalue weighted by Crippen LogP contribution is -1.85. The Balaban J connectivity index is 1.79. The number of hydrogen-bond acceptors (Lipinski definition) is 4. The van der Waals surface area contributed by atoms with Gasteiger partial charge in [-0.3, -0.25) is 0 Å². The average molecular weight is 302 g/mol. The summed E-state index contributed by atoms with van der Waals surface area (Å²) < 4.78 is 11.0. The average Bonchev–Trinajstić information content (AvgIpc) is 3.27. The van der Waals surface area contributed by atoms with Crippen molar-refractivity contribution in [2.45, 2.75) is 6.92 Å². The molecule has 112 valence electrons. The molecule has 2 heterocycles. The van der Waals surface area contributed by atoms with Crippen LogP contribution >= 0.6 is 0 Å². The Kier molecular flexibility index (Phi) is 3.27. The molecule has 4 aromatic rings. The van der Waals surface area contributed by atoms with Gasteiger partial charge in [-0.2, -0.15) is 4.98 Å². The number of furan rings is 1. The molecule has 0 N–H and O–H groups in total. The van der Waals surface area contributed by atoms with Crippen LogP contribution in [0.25, 0.3) is 34.2 Å². The zero-order chi connectivity index (χ0) is 15.6. The van der Waals surface area contributed by atoms with Crippen LogP contribution in [0.15, 0.2) is 75.9 Å². The van der Waals surface area contributed by atoms with Crippen molar-refractivity contribution < 1.29 is 8.94 Å². The van der Waals surface area contributed by atoms with Crippen molar-refractivity contribution in [3.8, 4) is 34.2 Å². The quantitative estimate of drug-likeness (QED) is 0.536. The summed E-state index contributed by atoms with van der Waals surface area (Å²) in [6.07, 6.45) is 1.65. The molecule has 0 amide bonds. The second-order valence-electron chi connectivity index (χ2n) is 5.32. The first-order chi connectivity index (χ1) is 11.3. The first kappa shape index (κ1) is 13.5. The van der Waals surface area contributed by atoms with E-state index in [1.165, 1.54) is 0 Å². The van der Waals surface area contributed by atoms with Crippen LogP contribution in [0.2, 0.25) is 0 Å². The van der Waals surface area contributed by atoms with Gasteiger partial charge in [0.2, 0.25) is 5.82 Å². The van der Waals surface area contributed by atoms with Crippen molar-refractivity contribution in [2.24, 2.45) is 0 Å². The van der Waals surface area contributed by atoms with Gasteiger partial charge in [-0.1, -0.05) is 47.1 Å². The van der Waals surface area contributed by atoms with E-state index in [4.69, 9.17) is 8.94 Å². The molecule has 4 heteroatoms. The normalized spacial score (nSPS) is 10.8. The van der Waals surface area contributed by atoms with E-state index in [1.54, 1.807) is 6.26 Å². The van der Waals surface area contributed by atoms with Crippen LogP contribution < -0.4 is 0 Å². The number of aromatic nitrogens is 2. The minimum absolute atomic E-state index is 0.480. The van der Waals surface area contributed by atoms with Crippen LogP contribution in [0.4, 0.5) is 0 Å². The first-order valence-electron chi connectivity index (χ1n) is 7.35. The SMILES string of the molecule is Cc1cccc(-c2noc(-c3ccccc3-c3ccco3)n2)c1. The zero-order valence-electron chi connectivity index (χ0n) is 12.6. The highest BCUT2D eigenvalue weighted by Crippen LogP contribution is 2.32. The lowest BCUT2D eigenvalue weighted by atomic mass is 10.1. The molecule has 0 aliphatic heterocycles. The van der Waals surface area contributed by atoms with E-state index in [-0.39, 0.29) is 0 Å². The first-order valence-corrected chi connectivity index (χ1v) is 7.35. The van der Waals surface area contributed by atoms with Gasteiger partial charge in [-0.05, 0) is 31.2 Å². The summed E-state index contributed by atoms with van der Waals surface area (Å²) in [5.41, 5.74) is 3.88. The van der Waals surface area contributed by atoms with Gasteiger partial charge in [0, 0.05) is 11.1 Å². The van der Waals surface area contributed by atoms with Gasteiger partial charge in [-0.25, -0.2) is 0 Å². The summed E-state index contributed by atoms with van der Waals surface area (Å²) in [4.78, 5) is 4.54. The molecule has 0 aliphatic rings. The molecule has 0 bridgehead atoms. The van der Waals surface area contributed by atoms with E-state index in [0.29, 0.717) is 11.7 Å². The number of rotatable bonds is 3. The third kappa shape index (κ3) is 2.55. The molecule has 0 radical (unpaired) electrons. The van der Waals surface area contributed by atoms with Gasteiger partial charge in [0.15, 0.2) is 0 Å². The fourth-order valence-electron chi connectivity index (χ4n) is 2.55. The van der Waals surface area contributed by atoms with Gasteiger partial charge >= 0.3 is 0 Å². The van der Waals surface area contributed by atoms with Gasteiger partial charge in [0.1, 0.15) is 5.76 Å². The van der Waals surface area contributed by atoms with Crippen LogP contribution in [0.1, 0.15) is 5.56 Å². The summed E-state index contributed by atoms with van der Waals surface area (Å²) in [5, 5.41) is 4.11. The molecule has 23 heavy (non-hydrogen) atoms. The number of nitrogens with zero attached hydrogens (tertiary/aromatic N) is 2. The third-order valence-electron chi connectivity index (χ3n) is 3.65. The lowest BCUT2D eigenvalue weighted by molar-refractivity contribution is 0.432. The van der Waals surface area contributed by atoms with E-state index in [0.717, 1.165) is 28.0 Å². The summed E-state index contributed by atoms with van der Waals surface area (Å²) >= 11 is 0. The third-order valence-corrected chi connectivity index (χ3v) is 3.65. The van der Waals surface area contributed by atoms with Crippen LogP contribution in [-0.2, 0) is 0 Å². The minimum atomic E-state index is 0.480. The van der Waals surface area contributed by atoms with Gasteiger partial charge < -0.3 is 8.94 Å². The molecule has 0 unspecified atom stereocenters.